The minimum Gasteiger partial charge on any atom is -0.304 e. The molecule has 1 aliphatic heterocycles. The van der Waals surface area contributed by atoms with E-state index in [9.17, 15) is 13.2 Å². The Hall–Kier alpha value is -1.77. The molecule has 27 heavy (non-hydrogen) atoms. The smallest absolute Gasteiger partial charge is 0.230 e. The summed E-state index contributed by atoms with van der Waals surface area (Å²) in [6, 6.07) is 6.67. The number of benzene rings is 1. The summed E-state index contributed by atoms with van der Waals surface area (Å²) in [5, 5.41) is 6.73. The third-order valence-corrected chi connectivity index (χ3v) is 6.72. The minimum atomic E-state index is -3.21. The van der Waals surface area contributed by atoms with Crippen molar-refractivity contribution in [1.29, 1.82) is 0 Å². The highest BCUT2D eigenvalue weighted by molar-refractivity contribution is 7.91. The Kier molecular flexibility index (Phi) is 7.52. The van der Waals surface area contributed by atoms with E-state index in [4.69, 9.17) is 0 Å². The number of carbonyl (C=O) groups is 1. The van der Waals surface area contributed by atoms with Crippen LogP contribution in [-0.2, 0) is 27.6 Å². The molecular formula is C19H27N3O3S2. The van der Waals surface area contributed by atoms with Crippen molar-refractivity contribution in [1.82, 2.24) is 10.3 Å². The number of amides is 1. The predicted octanol–water partition coefficient (Wildman–Crippen LogP) is 3.70. The number of carbonyl (C=O) groups excluding carboxylic acids is 1. The molecule has 0 saturated heterocycles. The summed E-state index contributed by atoms with van der Waals surface area (Å²) in [6.07, 6.45) is 1.44. The van der Waals surface area contributed by atoms with Crippen molar-refractivity contribution in [2.24, 2.45) is 0 Å². The number of nitrogens with zero attached hydrogens (tertiary/aromatic N) is 1. The highest BCUT2D eigenvalue weighted by Crippen LogP contribution is 2.32. The van der Waals surface area contributed by atoms with Gasteiger partial charge in [-0.2, -0.15) is 0 Å². The van der Waals surface area contributed by atoms with Crippen LogP contribution in [0.1, 0.15) is 56.3 Å². The van der Waals surface area contributed by atoms with Crippen LogP contribution in [0, 0.1) is 0 Å². The molecule has 6 nitrogen and oxygen atoms in total. The second-order valence-electron chi connectivity index (χ2n) is 6.41. The van der Waals surface area contributed by atoms with Crippen molar-refractivity contribution in [2.45, 2.75) is 58.0 Å². The largest absolute Gasteiger partial charge is 0.304 e. The molecule has 1 unspecified atom stereocenters. The Morgan fingerprint density at radius 3 is 2.44 bits per heavy atom. The Morgan fingerprint density at radius 2 is 1.89 bits per heavy atom. The van der Waals surface area contributed by atoms with E-state index in [-0.39, 0.29) is 29.0 Å². The highest BCUT2D eigenvalue weighted by atomic mass is 32.2. The van der Waals surface area contributed by atoms with E-state index >= 15 is 0 Å². The average molecular weight is 410 g/mol. The summed E-state index contributed by atoms with van der Waals surface area (Å²) in [5.74, 6) is -0.0939. The van der Waals surface area contributed by atoms with E-state index in [1.165, 1.54) is 17.8 Å². The number of rotatable bonds is 5. The second kappa shape index (κ2) is 9.43. The zero-order chi connectivity index (χ0) is 20.0. The highest BCUT2D eigenvalue weighted by Gasteiger charge is 2.23. The number of nitrogens with one attached hydrogen (secondary N) is 2. The van der Waals surface area contributed by atoms with Crippen molar-refractivity contribution < 1.29 is 13.2 Å². The van der Waals surface area contributed by atoms with E-state index in [2.05, 4.69) is 29.5 Å². The van der Waals surface area contributed by atoms with Crippen LogP contribution in [0.2, 0.25) is 0 Å². The van der Waals surface area contributed by atoms with Gasteiger partial charge in [0.1, 0.15) is 0 Å². The maximum atomic E-state index is 12.1. The molecule has 0 spiro atoms. The molecule has 3 rings (SSSR count). The van der Waals surface area contributed by atoms with Gasteiger partial charge in [-0.25, -0.2) is 13.4 Å². The molecule has 1 amide bonds. The van der Waals surface area contributed by atoms with Gasteiger partial charge in [0.2, 0.25) is 5.91 Å². The Bertz CT molecular complexity index is 874. The first kappa shape index (κ1) is 21.5. The Balaban J connectivity index is 0.000000817. The zero-order valence-corrected chi connectivity index (χ0v) is 17.8. The molecule has 2 N–H and O–H groups in total. The molecular weight excluding hydrogens is 382 g/mol. The van der Waals surface area contributed by atoms with Crippen LogP contribution in [0.5, 0.6) is 0 Å². The SMILES string of the molecule is CCC.CCS(=O)(=O)c1ccc(CC(=O)Nc2nc3c(s2)CNC3C)cc1. The summed E-state index contributed by atoms with van der Waals surface area (Å²) in [4.78, 5) is 18.0. The molecule has 0 saturated carbocycles. The molecule has 2 aromatic rings. The van der Waals surface area contributed by atoms with Crippen LogP contribution in [0.4, 0.5) is 5.13 Å². The summed E-state index contributed by atoms with van der Waals surface area (Å²) in [6.45, 7) is 8.69. The lowest BCUT2D eigenvalue weighted by Crippen LogP contribution is -2.15. The molecule has 2 heterocycles. The maximum absolute atomic E-state index is 12.1. The van der Waals surface area contributed by atoms with Crippen LogP contribution in [0.15, 0.2) is 29.2 Å². The lowest BCUT2D eigenvalue weighted by Gasteiger charge is -2.05. The van der Waals surface area contributed by atoms with E-state index in [0.717, 1.165) is 22.7 Å². The van der Waals surface area contributed by atoms with Gasteiger partial charge in [-0.1, -0.05) is 39.3 Å². The standard InChI is InChI=1S/C16H19N3O3S2.C3H8/c1-3-24(21,22)12-6-4-11(5-7-12)8-14(20)18-16-19-15-10(2)17-9-13(15)23-16;1-3-2/h4-7,10,17H,3,8-9H2,1-2H3,(H,18,19,20);3H2,1-2H3. The number of sulfone groups is 1. The summed E-state index contributed by atoms with van der Waals surface area (Å²) >= 11 is 1.49. The third-order valence-electron chi connectivity index (χ3n) is 3.98. The van der Waals surface area contributed by atoms with Crippen molar-refractivity contribution in [3.8, 4) is 0 Å². The molecule has 0 radical (unpaired) electrons. The van der Waals surface area contributed by atoms with Gasteiger partial charge in [-0.15, -0.1) is 11.3 Å². The first-order valence-corrected chi connectivity index (χ1v) is 11.6. The quantitative estimate of drug-likeness (QED) is 0.786. The molecule has 0 aliphatic carbocycles. The molecule has 1 aromatic carbocycles. The van der Waals surface area contributed by atoms with Crippen molar-refractivity contribution in [3.05, 3.63) is 40.4 Å². The lowest BCUT2D eigenvalue weighted by atomic mass is 10.1. The lowest BCUT2D eigenvalue weighted by molar-refractivity contribution is -0.115. The van der Waals surface area contributed by atoms with Gasteiger partial charge in [0.05, 0.1) is 22.8 Å². The van der Waals surface area contributed by atoms with Crippen LogP contribution in [0.3, 0.4) is 0 Å². The zero-order valence-electron chi connectivity index (χ0n) is 16.2. The molecule has 1 atom stereocenters. The van der Waals surface area contributed by atoms with Crippen LogP contribution in [0.25, 0.3) is 0 Å². The number of aromatic nitrogens is 1. The van der Waals surface area contributed by atoms with Crippen molar-refractivity contribution >= 4 is 32.2 Å². The van der Waals surface area contributed by atoms with Gasteiger partial charge in [-0.05, 0) is 24.6 Å². The first-order chi connectivity index (χ1) is 12.8. The molecule has 0 fully saturated rings. The first-order valence-electron chi connectivity index (χ1n) is 9.15. The van der Waals surface area contributed by atoms with Crippen molar-refractivity contribution in [3.63, 3.8) is 0 Å². The topological polar surface area (TPSA) is 88.2 Å². The molecule has 1 aromatic heterocycles. The number of anilines is 1. The number of hydrogen-bond donors (Lipinski definition) is 2. The second-order valence-corrected chi connectivity index (χ2v) is 9.77. The van der Waals surface area contributed by atoms with E-state index in [1.807, 2.05) is 6.92 Å². The molecule has 148 valence electrons. The normalized spacial score (nSPS) is 15.6. The van der Waals surface area contributed by atoms with Gasteiger partial charge in [0, 0.05) is 17.5 Å². The molecule has 1 aliphatic rings. The van der Waals surface area contributed by atoms with Crippen LogP contribution < -0.4 is 10.6 Å². The van der Waals surface area contributed by atoms with Gasteiger partial charge >= 0.3 is 0 Å². The summed E-state index contributed by atoms with van der Waals surface area (Å²) in [5.41, 5.74) is 1.77. The fourth-order valence-electron chi connectivity index (χ4n) is 2.55. The van der Waals surface area contributed by atoms with Gasteiger partial charge in [0.25, 0.3) is 0 Å². The monoisotopic (exact) mass is 409 g/mol. The van der Waals surface area contributed by atoms with E-state index in [1.54, 1.807) is 31.2 Å². The Labute approximate surface area is 165 Å². The Morgan fingerprint density at radius 1 is 1.26 bits per heavy atom. The third kappa shape index (κ3) is 5.60. The number of fused-ring (bicyclic) bond motifs is 1. The van der Waals surface area contributed by atoms with Crippen LogP contribution >= 0.6 is 11.3 Å². The number of hydrogen-bond acceptors (Lipinski definition) is 6. The van der Waals surface area contributed by atoms with Gasteiger partial charge < -0.3 is 10.6 Å². The number of thiazole rings is 1. The van der Waals surface area contributed by atoms with Gasteiger partial charge in [-0.3, -0.25) is 4.79 Å². The van der Waals surface area contributed by atoms with Gasteiger partial charge in [0.15, 0.2) is 15.0 Å². The summed E-state index contributed by atoms with van der Waals surface area (Å²) in [7, 11) is -3.21. The fourth-order valence-corrected chi connectivity index (χ4v) is 4.46. The van der Waals surface area contributed by atoms with Crippen LogP contribution in [-0.4, -0.2) is 25.1 Å². The minimum absolute atomic E-state index is 0.0643. The average Bonchev–Trinajstić information content (AvgIpc) is 3.17. The van der Waals surface area contributed by atoms with Crippen molar-refractivity contribution in [2.75, 3.05) is 11.1 Å². The van der Waals surface area contributed by atoms with E-state index in [0.29, 0.717) is 5.13 Å². The predicted molar refractivity (Wildman–Crippen MR) is 110 cm³/mol. The molecule has 8 heteroatoms. The fraction of sp³-hybridized carbons (Fsp3) is 0.474. The van der Waals surface area contributed by atoms with E-state index < -0.39 is 9.84 Å². The summed E-state index contributed by atoms with van der Waals surface area (Å²) < 4.78 is 23.6. The molecule has 0 bridgehead atoms. The maximum Gasteiger partial charge on any atom is 0.230 e.